The number of unbranched alkanes of at least 4 members (excludes halogenated alkanes) is 1. The summed E-state index contributed by atoms with van der Waals surface area (Å²) in [6.45, 7) is 6.41. The molecule has 0 spiro atoms. The van der Waals surface area contributed by atoms with Crippen molar-refractivity contribution in [2.75, 3.05) is 36.8 Å². The largest absolute Gasteiger partial charge is 0.344 e. The molecule has 1 aromatic rings. The second-order valence-corrected chi connectivity index (χ2v) is 7.91. The van der Waals surface area contributed by atoms with E-state index >= 15 is 0 Å². The summed E-state index contributed by atoms with van der Waals surface area (Å²) in [5.41, 5.74) is 0. The molecule has 0 unspecified atom stereocenters. The minimum absolute atomic E-state index is 0.265. The van der Waals surface area contributed by atoms with Crippen molar-refractivity contribution in [3.63, 3.8) is 0 Å². The van der Waals surface area contributed by atoms with Crippen molar-refractivity contribution in [3.05, 3.63) is 5.01 Å². The zero-order chi connectivity index (χ0) is 13.9. The summed E-state index contributed by atoms with van der Waals surface area (Å²) in [6.07, 6.45) is 1.64. The van der Waals surface area contributed by atoms with Gasteiger partial charge in [-0.15, -0.1) is 10.2 Å². The summed E-state index contributed by atoms with van der Waals surface area (Å²) >= 11 is 1.55. The Balaban J connectivity index is 1.92. The molecule has 0 aliphatic carbocycles. The van der Waals surface area contributed by atoms with Gasteiger partial charge in [-0.25, -0.2) is 8.42 Å². The smallest absolute Gasteiger partial charge is 0.214 e. The van der Waals surface area contributed by atoms with Crippen LogP contribution < -0.4 is 4.90 Å². The first kappa shape index (κ1) is 14.7. The van der Waals surface area contributed by atoms with Crippen LogP contribution in [0.15, 0.2) is 0 Å². The maximum atomic E-state index is 12.1. The van der Waals surface area contributed by atoms with Gasteiger partial charge >= 0.3 is 0 Å². The lowest BCUT2D eigenvalue weighted by atomic mass is 10.4. The van der Waals surface area contributed by atoms with Gasteiger partial charge in [0.2, 0.25) is 15.2 Å². The monoisotopic (exact) mass is 304 g/mol. The van der Waals surface area contributed by atoms with Crippen molar-refractivity contribution in [1.82, 2.24) is 14.5 Å². The van der Waals surface area contributed by atoms with E-state index in [9.17, 15) is 8.42 Å². The molecule has 108 valence electrons. The summed E-state index contributed by atoms with van der Waals surface area (Å²) in [5, 5.41) is 9.93. The molecule has 1 saturated heterocycles. The maximum absolute atomic E-state index is 12.1. The third-order valence-electron chi connectivity index (χ3n) is 3.17. The zero-order valence-corrected chi connectivity index (χ0v) is 13.0. The van der Waals surface area contributed by atoms with Gasteiger partial charge in [0.05, 0.1) is 5.75 Å². The van der Waals surface area contributed by atoms with E-state index in [0.717, 1.165) is 23.0 Å². The van der Waals surface area contributed by atoms with E-state index in [1.807, 2.05) is 13.8 Å². The highest BCUT2D eigenvalue weighted by Crippen LogP contribution is 2.21. The normalized spacial score (nSPS) is 17.9. The van der Waals surface area contributed by atoms with Gasteiger partial charge in [-0.2, -0.15) is 4.31 Å². The van der Waals surface area contributed by atoms with E-state index in [0.29, 0.717) is 26.2 Å². The summed E-state index contributed by atoms with van der Waals surface area (Å²) < 4.78 is 25.8. The Morgan fingerprint density at radius 1 is 1.21 bits per heavy atom. The Hall–Kier alpha value is -0.730. The second-order valence-electron chi connectivity index (χ2n) is 4.66. The Morgan fingerprint density at radius 3 is 2.42 bits per heavy atom. The van der Waals surface area contributed by atoms with Gasteiger partial charge in [0.25, 0.3) is 0 Å². The predicted molar refractivity (Wildman–Crippen MR) is 77.1 cm³/mol. The molecular formula is C11H20N4O2S2. The van der Waals surface area contributed by atoms with Crippen LogP contribution in [0.4, 0.5) is 5.13 Å². The molecular weight excluding hydrogens is 284 g/mol. The Morgan fingerprint density at radius 2 is 1.89 bits per heavy atom. The third-order valence-corrected chi connectivity index (χ3v) is 6.03. The lowest BCUT2D eigenvalue weighted by Crippen LogP contribution is -2.49. The first-order valence-electron chi connectivity index (χ1n) is 6.56. The van der Waals surface area contributed by atoms with Crippen LogP contribution in [0.5, 0.6) is 0 Å². The maximum Gasteiger partial charge on any atom is 0.214 e. The fourth-order valence-electron chi connectivity index (χ4n) is 2.03. The van der Waals surface area contributed by atoms with E-state index in [1.165, 1.54) is 0 Å². The number of hydrogen-bond acceptors (Lipinski definition) is 6. The predicted octanol–water partition coefficient (Wildman–Crippen LogP) is 1.10. The molecule has 0 amide bonds. The molecule has 2 rings (SSSR count). The average molecular weight is 304 g/mol. The van der Waals surface area contributed by atoms with Crippen LogP contribution in [0.25, 0.3) is 0 Å². The number of piperazine rings is 1. The summed E-state index contributed by atoms with van der Waals surface area (Å²) in [5.74, 6) is 0.265. The van der Waals surface area contributed by atoms with Gasteiger partial charge in [-0.05, 0) is 13.3 Å². The molecule has 0 radical (unpaired) electrons. The summed E-state index contributed by atoms with van der Waals surface area (Å²) in [6, 6.07) is 0. The molecule has 0 N–H and O–H groups in total. The minimum atomic E-state index is -3.07. The number of hydrogen-bond donors (Lipinski definition) is 0. The van der Waals surface area contributed by atoms with E-state index in [-0.39, 0.29) is 5.75 Å². The number of rotatable bonds is 5. The molecule has 0 aromatic carbocycles. The highest BCUT2D eigenvalue weighted by molar-refractivity contribution is 7.89. The van der Waals surface area contributed by atoms with Crippen LogP contribution >= 0.6 is 11.3 Å². The molecule has 2 heterocycles. The Kier molecular flexibility index (Phi) is 4.75. The zero-order valence-electron chi connectivity index (χ0n) is 11.4. The van der Waals surface area contributed by atoms with Crippen LogP contribution in [0.3, 0.4) is 0 Å². The van der Waals surface area contributed by atoms with Crippen molar-refractivity contribution in [2.24, 2.45) is 0 Å². The average Bonchev–Trinajstić information content (AvgIpc) is 2.83. The van der Waals surface area contributed by atoms with E-state index in [2.05, 4.69) is 15.1 Å². The number of anilines is 1. The highest BCUT2D eigenvalue weighted by Gasteiger charge is 2.27. The van der Waals surface area contributed by atoms with Crippen molar-refractivity contribution in [1.29, 1.82) is 0 Å². The number of sulfonamides is 1. The first-order chi connectivity index (χ1) is 9.03. The second kappa shape index (κ2) is 6.15. The van der Waals surface area contributed by atoms with Crippen molar-refractivity contribution >= 4 is 26.5 Å². The number of aromatic nitrogens is 2. The van der Waals surface area contributed by atoms with Crippen molar-refractivity contribution < 1.29 is 8.42 Å². The molecule has 0 atom stereocenters. The third kappa shape index (κ3) is 3.64. The molecule has 1 aromatic heterocycles. The highest BCUT2D eigenvalue weighted by atomic mass is 32.2. The van der Waals surface area contributed by atoms with E-state index in [1.54, 1.807) is 15.6 Å². The molecule has 0 saturated carbocycles. The minimum Gasteiger partial charge on any atom is -0.344 e. The lowest BCUT2D eigenvalue weighted by molar-refractivity contribution is 0.384. The Bertz CT molecular complexity index is 507. The standard InChI is InChI=1S/C11H20N4O2S2/c1-3-4-9-19(16,17)15-7-5-14(6-8-15)11-13-12-10(2)18-11/h3-9H2,1-2H3. The van der Waals surface area contributed by atoms with Gasteiger partial charge in [0, 0.05) is 26.2 Å². The van der Waals surface area contributed by atoms with E-state index in [4.69, 9.17) is 0 Å². The lowest BCUT2D eigenvalue weighted by Gasteiger charge is -2.33. The van der Waals surface area contributed by atoms with Crippen LogP contribution in [0, 0.1) is 6.92 Å². The van der Waals surface area contributed by atoms with Gasteiger partial charge in [0.15, 0.2) is 0 Å². The van der Waals surface area contributed by atoms with Crippen molar-refractivity contribution in [3.8, 4) is 0 Å². The topological polar surface area (TPSA) is 66.4 Å². The molecule has 1 aliphatic heterocycles. The molecule has 6 nitrogen and oxygen atoms in total. The summed E-state index contributed by atoms with van der Waals surface area (Å²) in [7, 11) is -3.07. The van der Waals surface area contributed by atoms with Gasteiger partial charge in [-0.1, -0.05) is 24.7 Å². The van der Waals surface area contributed by atoms with Crippen LogP contribution in [0.1, 0.15) is 24.8 Å². The van der Waals surface area contributed by atoms with E-state index < -0.39 is 10.0 Å². The molecule has 0 bridgehead atoms. The van der Waals surface area contributed by atoms with Crippen molar-refractivity contribution in [2.45, 2.75) is 26.7 Å². The molecule has 8 heteroatoms. The SMILES string of the molecule is CCCCS(=O)(=O)N1CCN(c2nnc(C)s2)CC1. The Labute approximate surface area is 118 Å². The van der Waals surface area contributed by atoms with Gasteiger partial charge in [0.1, 0.15) is 5.01 Å². The van der Waals surface area contributed by atoms with Crippen LogP contribution in [-0.4, -0.2) is 54.9 Å². The number of nitrogens with zero attached hydrogens (tertiary/aromatic N) is 4. The molecule has 19 heavy (non-hydrogen) atoms. The van der Waals surface area contributed by atoms with Gasteiger partial charge in [-0.3, -0.25) is 0 Å². The molecule has 1 fully saturated rings. The van der Waals surface area contributed by atoms with Crippen LogP contribution in [-0.2, 0) is 10.0 Å². The quantitative estimate of drug-likeness (QED) is 0.815. The fraction of sp³-hybridized carbons (Fsp3) is 0.818. The fourth-order valence-corrected chi connectivity index (χ4v) is 4.40. The molecule has 1 aliphatic rings. The van der Waals surface area contributed by atoms with Gasteiger partial charge < -0.3 is 4.90 Å². The summed E-state index contributed by atoms with van der Waals surface area (Å²) in [4.78, 5) is 2.11. The first-order valence-corrected chi connectivity index (χ1v) is 8.98. The number of aryl methyl sites for hydroxylation is 1. The van der Waals surface area contributed by atoms with Crippen LogP contribution in [0.2, 0.25) is 0 Å².